The summed E-state index contributed by atoms with van der Waals surface area (Å²) in [5.74, 6) is -0.428. The van der Waals surface area contributed by atoms with E-state index in [2.05, 4.69) is 10.1 Å². The van der Waals surface area contributed by atoms with Gasteiger partial charge in [0.25, 0.3) is 0 Å². The molecule has 0 aromatic rings. The Kier molecular flexibility index (Phi) is 5.33. The standard InChI is InChI=1S/C10H18N2O5/c1-7-3-12(4-8(6-13)17-7)5-9(14)11-10(15)16-2/h7-8,13H,3-6H2,1-2H3,(H,11,14,15). The first-order valence-corrected chi connectivity index (χ1v) is 5.41. The zero-order valence-electron chi connectivity index (χ0n) is 10.0. The first-order chi connectivity index (χ1) is 8.05. The lowest BCUT2D eigenvalue weighted by atomic mass is 10.2. The summed E-state index contributed by atoms with van der Waals surface area (Å²) in [4.78, 5) is 24.1. The molecule has 0 radical (unpaired) electrons. The third-order valence-corrected chi connectivity index (χ3v) is 2.40. The van der Waals surface area contributed by atoms with Gasteiger partial charge in [0.1, 0.15) is 0 Å². The lowest BCUT2D eigenvalue weighted by Crippen LogP contribution is -2.51. The minimum atomic E-state index is -0.769. The van der Waals surface area contributed by atoms with Gasteiger partial charge in [0.2, 0.25) is 5.91 Å². The van der Waals surface area contributed by atoms with Gasteiger partial charge in [-0.15, -0.1) is 0 Å². The number of aliphatic hydroxyl groups excluding tert-OH is 1. The van der Waals surface area contributed by atoms with Crippen molar-refractivity contribution in [1.82, 2.24) is 10.2 Å². The van der Waals surface area contributed by atoms with Crippen molar-refractivity contribution in [2.24, 2.45) is 0 Å². The molecule has 0 saturated carbocycles. The normalized spacial score (nSPS) is 25.4. The fraction of sp³-hybridized carbons (Fsp3) is 0.800. The molecular formula is C10H18N2O5. The molecule has 2 unspecified atom stereocenters. The molecule has 0 spiro atoms. The van der Waals surface area contributed by atoms with Gasteiger partial charge in [-0.1, -0.05) is 0 Å². The number of rotatable bonds is 3. The molecule has 1 aliphatic heterocycles. The second-order valence-corrected chi connectivity index (χ2v) is 3.99. The number of nitrogens with one attached hydrogen (secondary N) is 1. The first kappa shape index (κ1) is 13.9. The van der Waals surface area contributed by atoms with Crippen molar-refractivity contribution in [2.75, 3.05) is 33.4 Å². The van der Waals surface area contributed by atoms with Crippen molar-refractivity contribution in [2.45, 2.75) is 19.1 Å². The summed E-state index contributed by atoms with van der Waals surface area (Å²) in [6.45, 7) is 2.92. The molecule has 2 atom stereocenters. The summed E-state index contributed by atoms with van der Waals surface area (Å²) in [7, 11) is 1.20. The SMILES string of the molecule is COC(=O)NC(=O)CN1CC(C)OC(CO)C1. The third kappa shape index (κ3) is 4.68. The molecule has 17 heavy (non-hydrogen) atoms. The monoisotopic (exact) mass is 246 g/mol. The summed E-state index contributed by atoms with van der Waals surface area (Å²) >= 11 is 0. The van der Waals surface area contributed by atoms with E-state index >= 15 is 0 Å². The molecule has 0 aromatic heterocycles. The number of aliphatic hydroxyl groups is 1. The molecule has 1 aliphatic rings. The van der Waals surface area contributed by atoms with Crippen molar-refractivity contribution in [3.63, 3.8) is 0 Å². The highest BCUT2D eigenvalue weighted by Gasteiger charge is 2.26. The van der Waals surface area contributed by atoms with Gasteiger partial charge in [0, 0.05) is 13.1 Å². The Morgan fingerprint density at radius 1 is 1.53 bits per heavy atom. The van der Waals surface area contributed by atoms with E-state index in [1.165, 1.54) is 7.11 Å². The summed E-state index contributed by atoms with van der Waals surface area (Å²) in [5.41, 5.74) is 0. The molecule has 7 nitrogen and oxygen atoms in total. The fourth-order valence-electron chi connectivity index (χ4n) is 1.78. The van der Waals surface area contributed by atoms with E-state index in [0.29, 0.717) is 13.1 Å². The van der Waals surface area contributed by atoms with Crippen LogP contribution >= 0.6 is 0 Å². The van der Waals surface area contributed by atoms with Gasteiger partial charge in [-0.25, -0.2) is 4.79 Å². The molecule has 0 bridgehead atoms. The maximum Gasteiger partial charge on any atom is 0.413 e. The van der Waals surface area contributed by atoms with Crippen molar-refractivity contribution in [3.05, 3.63) is 0 Å². The number of methoxy groups -OCH3 is 1. The van der Waals surface area contributed by atoms with E-state index in [-0.39, 0.29) is 25.4 Å². The van der Waals surface area contributed by atoms with E-state index in [0.717, 1.165) is 0 Å². The van der Waals surface area contributed by atoms with Crippen LogP contribution in [0.3, 0.4) is 0 Å². The Bertz CT molecular complexity index is 284. The molecule has 0 aliphatic carbocycles. The van der Waals surface area contributed by atoms with Gasteiger partial charge < -0.3 is 14.6 Å². The Morgan fingerprint density at radius 3 is 2.82 bits per heavy atom. The first-order valence-electron chi connectivity index (χ1n) is 5.41. The predicted molar refractivity (Wildman–Crippen MR) is 58.4 cm³/mol. The maximum atomic E-state index is 11.4. The van der Waals surface area contributed by atoms with E-state index in [4.69, 9.17) is 9.84 Å². The van der Waals surface area contributed by atoms with E-state index in [1.807, 2.05) is 11.8 Å². The number of alkyl carbamates (subject to hydrolysis) is 1. The molecule has 98 valence electrons. The minimum Gasteiger partial charge on any atom is -0.453 e. The Labute approximate surface area is 99.7 Å². The van der Waals surface area contributed by atoms with Crippen LogP contribution in [0.2, 0.25) is 0 Å². The fourth-order valence-corrected chi connectivity index (χ4v) is 1.78. The molecule has 2 N–H and O–H groups in total. The van der Waals surface area contributed by atoms with E-state index in [9.17, 15) is 9.59 Å². The van der Waals surface area contributed by atoms with E-state index in [1.54, 1.807) is 0 Å². The lowest BCUT2D eigenvalue weighted by Gasteiger charge is -2.35. The van der Waals surface area contributed by atoms with Gasteiger partial charge in [-0.05, 0) is 6.92 Å². The van der Waals surface area contributed by atoms with Crippen LogP contribution in [0.25, 0.3) is 0 Å². The van der Waals surface area contributed by atoms with Crippen molar-refractivity contribution in [3.8, 4) is 0 Å². The summed E-state index contributed by atoms with van der Waals surface area (Å²) in [6.07, 6.45) is -1.11. The Morgan fingerprint density at radius 2 is 2.24 bits per heavy atom. The van der Waals surface area contributed by atoms with Crippen LogP contribution in [-0.4, -0.2) is 67.6 Å². The van der Waals surface area contributed by atoms with Gasteiger partial charge in [-0.2, -0.15) is 0 Å². The Balaban J connectivity index is 2.39. The summed E-state index contributed by atoms with van der Waals surface area (Å²) in [5, 5.41) is 11.1. The number of ether oxygens (including phenoxy) is 2. The smallest absolute Gasteiger partial charge is 0.413 e. The molecule has 1 fully saturated rings. The average molecular weight is 246 g/mol. The number of hydrogen-bond acceptors (Lipinski definition) is 6. The van der Waals surface area contributed by atoms with Crippen LogP contribution in [0, 0.1) is 0 Å². The molecule has 1 saturated heterocycles. The van der Waals surface area contributed by atoms with Gasteiger partial charge in [0.15, 0.2) is 0 Å². The number of nitrogens with zero attached hydrogens (tertiary/aromatic N) is 1. The van der Waals surface area contributed by atoms with Crippen molar-refractivity contribution in [1.29, 1.82) is 0 Å². The third-order valence-electron chi connectivity index (χ3n) is 2.40. The molecule has 1 heterocycles. The van der Waals surface area contributed by atoms with Crippen LogP contribution in [0.1, 0.15) is 6.92 Å². The van der Waals surface area contributed by atoms with Crippen LogP contribution in [0.15, 0.2) is 0 Å². The van der Waals surface area contributed by atoms with Gasteiger partial charge in [-0.3, -0.25) is 15.0 Å². The highest BCUT2D eigenvalue weighted by molar-refractivity contribution is 5.92. The van der Waals surface area contributed by atoms with Crippen LogP contribution in [0.4, 0.5) is 4.79 Å². The largest absolute Gasteiger partial charge is 0.453 e. The topological polar surface area (TPSA) is 88.1 Å². The second kappa shape index (κ2) is 6.53. The molecular weight excluding hydrogens is 228 g/mol. The summed E-state index contributed by atoms with van der Waals surface area (Å²) in [6, 6.07) is 0. The number of amides is 2. The molecule has 2 amide bonds. The van der Waals surface area contributed by atoms with Crippen LogP contribution in [-0.2, 0) is 14.3 Å². The van der Waals surface area contributed by atoms with Gasteiger partial charge in [0.05, 0.1) is 32.5 Å². The van der Waals surface area contributed by atoms with Crippen LogP contribution in [0.5, 0.6) is 0 Å². The molecule has 1 rings (SSSR count). The quantitative estimate of drug-likeness (QED) is 0.660. The zero-order valence-corrected chi connectivity index (χ0v) is 10.0. The van der Waals surface area contributed by atoms with Crippen LogP contribution < -0.4 is 5.32 Å². The Hall–Kier alpha value is -1.18. The highest BCUT2D eigenvalue weighted by Crippen LogP contribution is 2.10. The number of morpholine rings is 1. The number of carbonyl (C=O) groups excluding carboxylic acids is 2. The van der Waals surface area contributed by atoms with E-state index < -0.39 is 12.0 Å². The molecule has 0 aromatic carbocycles. The zero-order chi connectivity index (χ0) is 12.8. The highest BCUT2D eigenvalue weighted by atomic mass is 16.5. The lowest BCUT2D eigenvalue weighted by molar-refractivity contribution is -0.127. The number of imide groups is 1. The number of hydrogen-bond donors (Lipinski definition) is 2. The minimum absolute atomic E-state index is 0.0492. The van der Waals surface area contributed by atoms with Crippen molar-refractivity contribution >= 4 is 12.0 Å². The predicted octanol–water partition coefficient (Wildman–Crippen LogP) is -1.05. The maximum absolute atomic E-state index is 11.4. The molecule has 7 heteroatoms. The van der Waals surface area contributed by atoms with Gasteiger partial charge >= 0.3 is 6.09 Å². The average Bonchev–Trinajstić information content (AvgIpc) is 2.27. The van der Waals surface area contributed by atoms with Crippen molar-refractivity contribution < 1.29 is 24.2 Å². The summed E-state index contributed by atoms with van der Waals surface area (Å²) < 4.78 is 9.75. The second-order valence-electron chi connectivity index (χ2n) is 3.99. The number of carbonyl (C=O) groups is 2.